The highest BCUT2D eigenvalue weighted by Gasteiger charge is 2.38. The van der Waals surface area contributed by atoms with Crippen LogP contribution in [-0.2, 0) is 9.59 Å². The van der Waals surface area contributed by atoms with Crippen molar-refractivity contribution in [2.24, 2.45) is 11.5 Å². The molecule has 5 nitrogen and oxygen atoms in total. The van der Waals surface area contributed by atoms with Crippen LogP contribution in [0.4, 0.5) is 0 Å². The van der Waals surface area contributed by atoms with Crippen LogP contribution < -0.4 is 11.5 Å². The van der Waals surface area contributed by atoms with Gasteiger partial charge in [-0.3, -0.25) is 4.79 Å². The van der Waals surface area contributed by atoms with E-state index in [0.29, 0.717) is 0 Å². The van der Waals surface area contributed by atoms with Gasteiger partial charge in [-0.25, -0.2) is 4.79 Å². The molecular weight excluding hydrogens is 136 g/mol. The lowest BCUT2D eigenvalue weighted by Gasteiger charge is -2.17. The summed E-state index contributed by atoms with van der Waals surface area (Å²) in [6.45, 7) is 1.48. The summed E-state index contributed by atoms with van der Waals surface area (Å²) in [6, 6.07) is 0. The molecule has 58 valence electrons. The minimum Gasteiger partial charge on any atom is -0.479 e. The summed E-state index contributed by atoms with van der Waals surface area (Å²) in [6.07, 6.45) is -0.00231. The first kappa shape index (κ1) is 8.90. The van der Waals surface area contributed by atoms with E-state index in [-0.39, 0.29) is 6.42 Å². The van der Waals surface area contributed by atoms with Crippen molar-refractivity contribution < 1.29 is 14.7 Å². The first-order valence-electron chi connectivity index (χ1n) is 2.77. The second kappa shape index (κ2) is 2.66. The fourth-order valence-electron chi connectivity index (χ4n) is 0.431. The number of primary amides is 1. The van der Waals surface area contributed by atoms with E-state index in [1.807, 2.05) is 0 Å². The molecule has 0 aliphatic heterocycles. The third-order valence-corrected chi connectivity index (χ3v) is 1.38. The van der Waals surface area contributed by atoms with E-state index >= 15 is 0 Å². The van der Waals surface area contributed by atoms with E-state index in [0.717, 1.165) is 0 Å². The van der Waals surface area contributed by atoms with Gasteiger partial charge in [-0.15, -0.1) is 0 Å². The summed E-state index contributed by atoms with van der Waals surface area (Å²) in [5, 5.41) is 8.38. The second-order valence-corrected chi connectivity index (χ2v) is 1.99. The summed E-state index contributed by atoms with van der Waals surface area (Å²) >= 11 is 0. The van der Waals surface area contributed by atoms with Gasteiger partial charge in [0.2, 0.25) is 5.91 Å². The molecule has 0 heterocycles. The first-order chi connectivity index (χ1) is 4.45. The van der Waals surface area contributed by atoms with Crippen LogP contribution >= 0.6 is 0 Å². The monoisotopic (exact) mass is 146 g/mol. The van der Waals surface area contributed by atoms with Gasteiger partial charge in [0.25, 0.3) is 0 Å². The average Bonchev–Trinajstić information content (AvgIpc) is 1.85. The maximum Gasteiger partial charge on any atom is 0.333 e. The predicted octanol–water partition coefficient (Wildman–Crippen LogP) is -1.34. The lowest BCUT2D eigenvalue weighted by Crippen LogP contribution is -2.57. The van der Waals surface area contributed by atoms with E-state index in [2.05, 4.69) is 0 Å². The fourth-order valence-corrected chi connectivity index (χ4v) is 0.431. The molecule has 0 saturated carbocycles. The Balaban J connectivity index is 4.55. The van der Waals surface area contributed by atoms with Crippen molar-refractivity contribution in [3.63, 3.8) is 0 Å². The minimum atomic E-state index is -1.90. The largest absolute Gasteiger partial charge is 0.479 e. The van der Waals surface area contributed by atoms with E-state index in [9.17, 15) is 9.59 Å². The number of hydrogen-bond donors (Lipinski definition) is 3. The molecule has 0 aromatic carbocycles. The van der Waals surface area contributed by atoms with Crippen molar-refractivity contribution in [1.82, 2.24) is 0 Å². The lowest BCUT2D eigenvalue weighted by molar-refractivity contribution is -0.148. The van der Waals surface area contributed by atoms with Crippen molar-refractivity contribution in [3.05, 3.63) is 0 Å². The highest BCUT2D eigenvalue weighted by Crippen LogP contribution is 2.04. The lowest BCUT2D eigenvalue weighted by atomic mass is 9.97. The Morgan fingerprint density at radius 1 is 1.60 bits per heavy atom. The molecule has 0 aromatic rings. The third-order valence-electron chi connectivity index (χ3n) is 1.38. The SMILES string of the molecule is CCC(N)(C(N)=O)C(=O)O. The Labute approximate surface area is 58.0 Å². The third kappa shape index (κ3) is 1.24. The minimum absolute atomic E-state index is 0.00231. The van der Waals surface area contributed by atoms with Gasteiger partial charge in [-0.2, -0.15) is 0 Å². The van der Waals surface area contributed by atoms with E-state index < -0.39 is 17.4 Å². The number of carbonyl (C=O) groups excluding carboxylic acids is 1. The van der Waals surface area contributed by atoms with Crippen LogP contribution in [0.25, 0.3) is 0 Å². The molecule has 1 unspecified atom stereocenters. The van der Waals surface area contributed by atoms with Gasteiger partial charge >= 0.3 is 5.97 Å². The van der Waals surface area contributed by atoms with Gasteiger partial charge in [0.1, 0.15) is 0 Å². The first-order valence-corrected chi connectivity index (χ1v) is 2.77. The molecule has 0 aliphatic carbocycles. The van der Waals surface area contributed by atoms with Crippen LogP contribution in [0.1, 0.15) is 13.3 Å². The summed E-state index contributed by atoms with van der Waals surface area (Å²) in [5.74, 6) is -2.40. The van der Waals surface area contributed by atoms with Crippen molar-refractivity contribution in [2.45, 2.75) is 18.9 Å². The van der Waals surface area contributed by atoms with Crippen molar-refractivity contribution in [2.75, 3.05) is 0 Å². The Bertz CT molecular complexity index is 152. The summed E-state index contributed by atoms with van der Waals surface area (Å²) in [5.41, 5.74) is 7.94. The van der Waals surface area contributed by atoms with Crippen molar-refractivity contribution in [3.8, 4) is 0 Å². The number of carboxylic acids is 1. The maximum absolute atomic E-state index is 10.4. The maximum atomic E-state index is 10.4. The quantitative estimate of drug-likeness (QED) is 0.428. The van der Waals surface area contributed by atoms with Gasteiger partial charge < -0.3 is 16.6 Å². The Kier molecular flexibility index (Phi) is 2.36. The zero-order valence-electron chi connectivity index (χ0n) is 5.63. The number of carboxylic acid groups (broad SMARTS) is 1. The highest BCUT2D eigenvalue weighted by molar-refractivity contribution is 6.05. The predicted molar refractivity (Wildman–Crippen MR) is 34.0 cm³/mol. The Hall–Kier alpha value is -1.10. The van der Waals surface area contributed by atoms with Crippen LogP contribution in [-0.4, -0.2) is 22.5 Å². The van der Waals surface area contributed by atoms with E-state index in [1.54, 1.807) is 0 Å². The number of rotatable bonds is 3. The molecule has 1 amide bonds. The van der Waals surface area contributed by atoms with Gasteiger partial charge in [0.05, 0.1) is 0 Å². The fraction of sp³-hybridized carbons (Fsp3) is 0.600. The van der Waals surface area contributed by atoms with Crippen molar-refractivity contribution in [1.29, 1.82) is 0 Å². The molecule has 1 atom stereocenters. The molecule has 0 fully saturated rings. The van der Waals surface area contributed by atoms with E-state index in [1.165, 1.54) is 6.92 Å². The normalized spacial score (nSPS) is 15.8. The van der Waals surface area contributed by atoms with Crippen LogP contribution in [0.3, 0.4) is 0 Å². The number of carbonyl (C=O) groups is 2. The number of nitrogens with two attached hydrogens (primary N) is 2. The van der Waals surface area contributed by atoms with Crippen molar-refractivity contribution >= 4 is 11.9 Å². The Morgan fingerprint density at radius 2 is 2.00 bits per heavy atom. The van der Waals surface area contributed by atoms with Gasteiger partial charge in [-0.1, -0.05) is 6.92 Å². The molecule has 5 heteroatoms. The zero-order valence-corrected chi connectivity index (χ0v) is 5.63. The molecule has 0 saturated heterocycles. The second-order valence-electron chi connectivity index (χ2n) is 1.99. The molecule has 0 spiro atoms. The molecule has 10 heavy (non-hydrogen) atoms. The molecule has 0 aromatic heterocycles. The smallest absolute Gasteiger partial charge is 0.333 e. The Morgan fingerprint density at radius 3 is 2.00 bits per heavy atom. The molecule has 0 rings (SSSR count). The summed E-state index contributed by atoms with van der Waals surface area (Å²) in [4.78, 5) is 20.7. The molecular formula is C5H10N2O3. The van der Waals surface area contributed by atoms with Crippen LogP contribution in [0.5, 0.6) is 0 Å². The molecule has 0 bridgehead atoms. The standard InChI is InChI=1S/C5H10N2O3/c1-2-5(7,3(6)8)4(9)10/h2,7H2,1H3,(H2,6,8)(H,9,10). The molecule has 0 aliphatic rings. The summed E-state index contributed by atoms with van der Waals surface area (Å²) < 4.78 is 0. The van der Waals surface area contributed by atoms with E-state index in [4.69, 9.17) is 16.6 Å². The topological polar surface area (TPSA) is 106 Å². The van der Waals surface area contributed by atoms with Crippen LogP contribution in [0.2, 0.25) is 0 Å². The number of aliphatic carboxylic acids is 1. The summed E-state index contributed by atoms with van der Waals surface area (Å²) in [7, 11) is 0. The average molecular weight is 146 g/mol. The number of amides is 1. The zero-order chi connectivity index (χ0) is 8.36. The van der Waals surface area contributed by atoms with Gasteiger partial charge in [0, 0.05) is 0 Å². The molecule has 5 N–H and O–H groups in total. The van der Waals surface area contributed by atoms with Gasteiger partial charge in [0.15, 0.2) is 5.54 Å². The van der Waals surface area contributed by atoms with Gasteiger partial charge in [-0.05, 0) is 6.42 Å². The highest BCUT2D eigenvalue weighted by atomic mass is 16.4. The molecule has 0 radical (unpaired) electrons. The van der Waals surface area contributed by atoms with Crippen LogP contribution in [0.15, 0.2) is 0 Å². The number of hydrogen-bond acceptors (Lipinski definition) is 3. The van der Waals surface area contributed by atoms with Crippen LogP contribution in [0, 0.1) is 0 Å².